The molecular formula is C8H14ClN5O. The van der Waals surface area contributed by atoms with E-state index in [1.54, 1.807) is 4.90 Å². The van der Waals surface area contributed by atoms with Gasteiger partial charge in [-0.2, -0.15) is 5.21 Å². The SMILES string of the molecule is CC(C)CN(Cc1nn[nH]n1)C(=O)CCl. The molecule has 15 heavy (non-hydrogen) atoms. The van der Waals surface area contributed by atoms with Crippen LogP contribution in [0.3, 0.4) is 0 Å². The molecule has 0 aromatic carbocycles. The van der Waals surface area contributed by atoms with Crippen LogP contribution in [-0.2, 0) is 11.3 Å². The van der Waals surface area contributed by atoms with Crippen molar-refractivity contribution in [2.75, 3.05) is 12.4 Å². The lowest BCUT2D eigenvalue weighted by Gasteiger charge is -2.21. The van der Waals surface area contributed by atoms with E-state index in [4.69, 9.17) is 11.6 Å². The Morgan fingerprint density at radius 2 is 2.33 bits per heavy atom. The fourth-order valence-electron chi connectivity index (χ4n) is 1.20. The molecule has 0 aliphatic carbocycles. The summed E-state index contributed by atoms with van der Waals surface area (Å²) in [6.45, 7) is 5.05. The molecule has 0 bridgehead atoms. The molecule has 1 heterocycles. The average molecular weight is 232 g/mol. The number of rotatable bonds is 5. The lowest BCUT2D eigenvalue weighted by molar-refractivity contribution is -0.129. The molecule has 0 aliphatic heterocycles. The van der Waals surface area contributed by atoms with Crippen molar-refractivity contribution < 1.29 is 4.79 Å². The number of carbonyl (C=O) groups excluding carboxylic acids is 1. The third-order valence-corrected chi connectivity index (χ3v) is 2.00. The van der Waals surface area contributed by atoms with E-state index >= 15 is 0 Å². The number of nitrogens with zero attached hydrogens (tertiary/aromatic N) is 4. The van der Waals surface area contributed by atoms with Gasteiger partial charge in [0.2, 0.25) is 5.91 Å². The van der Waals surface area contributed by atoms with Crippen LogP contribution >= 0.6 is 11.6 Å². The summed E-state index contributed by atoms with van der Waals surface area (Å²) in [5, 5.41) is 13.4. The molecule has 0 aliphatic rings. The Hall–Kier alpha value is -1.17. The van der Waals surface area contributed by atoms with Crippen LogP contribution in [-0.4, -0.2) is 43.9 Å². The van der Waals surface area contributed by atoms with Gasteiger partial charge in [-0.05, 0) is 5.92 Å². The summed E-state index contributed by atoms with van der Waals surface area (Å²) in [5.74, 6) is 0.734. The van der Waals surface area contributed by atoms with E-state index in [9.17, 15) is 4.79 Å². The van der Waals surface area contributed by atoms with E-state index in [-0.39, 0.29) is 11.8 Å². The van der Waals surface area contributed by atoms with E-state index in [0.717, 1.165) is 0 Å². The van der Waals surface area contributed by atoms with Gasteiger partial charge in [0, 0.05) is 6.54 Å². The van der Waals surface area contributed by atoms with Crippen molar-refractivity contribution in [2.45, 2.75) is 20.4 Å². The molecule has 1 aromatic rings. The Morgan fingerprint density at radius 1 is 1.60 bits per heavy atom. The molecule has 84 valence electrons. The molecule has 0 atom stereocenters. The molecule has 0 unspecified atom stereocenters. The van der Waals surface area contributed by atoms with Gasteiger partial charge >= 0.3 is 0 Å². The normalized spacial score (nSPS) is 10.7. The molecule has 1 rings (SSSR count). The lowest BCUT2D eigenvalue weighted by atomic mass is 10.2. The molecule has 0 radical (unpaired) electrons. The smallest absolute Gasteiger partial charge is 0.237 e. The number of hydrogen-bond acceptors (Lipinski definition) is 4. The van der Waals surface area contributed by atoms with Crippen molar-refractivity contribution >= 4 is 17.5 Å². The fraction of sp³-hybridized carbons (Fsp3) is 0.750. The van der Waals surface area contributed by atoms with Crippen molar-refractivity contribution in [2.24, 2.45) is 5.92 Å². The van der Waals surface area contributed by atoms with Crippen molar-refractivity contribution in [1.29, 1.82) is 0 Å². The molecule has 0 spiro atoms. The molecule has 0 saturated carbocycles. The number of aromatic nitrogens is 4. The standard InChI is InChI=1S/C8H14ClN5O/c1-6(2)4-14(8(15)3-9)5-7-10-12-13-11-7/h6H,3-5H2,1-2H3,(H,10,11,12,13). The van der Waals surface area contributed by atoms with Crippen LogP contribution in [0.1, 0.15) is 19.7 Å². The van der Waals surface area contributed by atoms with E-state index in [1.165, 1.54) is 0 Å². The summed E-state index contributed by atoms with van der Waals surface area (Å²) in [6, 6.07) is 0. The first-order valence-electron chi connectivity index (χ1n) is 4.69. The van der Waals surface area contributed by atoms with Crippen molar-refractivity contribution in [3.63, 3.8) is 0 Å². The monoisotopic (exact) mass is 231 g/mol. The van der Waals surface area contributed by atoms with Gasteiger partial charge in [0.05, 0.1) is 6.54 Å². The van der Waals surface area contributed by atoms with Crippen LogP contribution in [0.5, 0.6) is 0 Å². The number of alkyl halides is 1. The van der Waals surface area contributed by atoms with E-state index in [1.807, 2.05) is 13.8 Å². The maximum atomic E-state index is 11.5. The zero-order valence-corrected chi connectivity index (χ0v) is 9.53. The highest BCUT2D eigenvalue weighted by Gasteiger charge is 2.16. The number of H-pyrrole nitrogens is 1. The first kappa shape index (κ1) is 11.9. The number of aromatic amines is 1. The first-order valence-corrected chi connectivity index (χ1v) is 5.23. The quantitative estimate of drug-likeness (QED) is 0.746. The summed E-state index contributed by atoms with van der Waals surface area (Å²) in [5.41, 5.74) is 0. The minimum atomic E-state index is -0.116. The third kappa shape index (κ3) is 3.83. The van der Waals surface area contributed by atoms with Crippen LogP contribution in [0.15, 0.2) is 0 Å². The Balaban J connectivity index is 2.60. The third-order valence-electron chi connectivity index (χ3n) is 1.77. The van der Waals surface area contributed by atoms with Gasteiger partial charge < -0.3 is 4.90 Å². The predicted octanol–water partition coefficient (Wildman–Crippen LogP) is 0.423. The second-order valence-corrected chi connectivity index (χ2v) is 3.90. The summed E-state index contributed by atoms with van der Waals surface area (Å²) in [7, 11) is 0. The second-order valence-electron chi connectivity index (χ2n) is 3.63. The molecule has 0 fully saturated rings. The summed E-state index contributed by atoms with van der Waals surface area (Å²) < 4.78 is 0. The Bertz CT molecular complexity index is 300. The van der Waals surface area contributed by atoms with Crippen LogP contribution in [0.4, 0.5) is 0 Å². The minimum absolute atomic E-state index is 0.0232. The van der Waals surface area contributed by atoms with Crippen molar-refractivity contribution in [3.8, 4) is 0 Å². The van der Waals surface area contributed by atoms with Gasteiger partial charge in [-0.3, -0.25) is 4.79 Å². The number of halogens is 1. The maximum absolute atomic E-state index is 11.5. The molecular weight excluding hydrogens is 218 g/mol. The predicted molar refractivity (Wildman–Crippen MR) is 55.2 cm³/mol. The van der Waals surface area contributed by atoms with Gasteiger partial charge in [0.1, 0.15) is 5.88 Å². The lowest BCUT2D eigenvalue weighted by Crippen LogP contribution is -2.34. The Labute approximate surface area is 93.0 Å². The summed E-state index contributed by atoms with van der Waals surface area (Å²) in [4.78, 5) is 13.1. The zero-order valence-electron chi connectivity index (χ0n) is 8.77. The zero-order chi connectivity index (χ0) is 11.3. The fourth-order valence-corrected chi connectivity index (χ4v) is 1.37. The second kappa shape index (κ2) is 5.65. The van der Waals surface area contributed by atoms with Crippen LogP contribution in [0.2, 0.25) is 0 Å². The Kier molecular flexibility index (Phi) is 4.48. The number of tetrazole rings is 1. The van der Waals surface area contributed by atoms with Gasteiger partial charge in [0.25, 0.3) is 0 Å². The highest BCUT2D eigenvalue weighted by molar-refractivity contribution is 6.27. The van der Waals surface area contributed by atoms with Gasteiger partial charge in [-0.25, -0.2) is 0 Å². The van der Waals surface area contributed by atoms with Gasteiger partial charge in [0.15, 0.2) is 5.82 Å². The van der Waals surface area contributed by atoms with Crippen LogP contribution < -0.4 is 0 Å². The molecule has 1 aromatic heterocycles. The van der Waals surface area contributed by atoms with E-state index in [2.05, 4.69) is 20.6 Å². The molecule has 6 nitrogen and oxygen atoms in total. The van der Waals surface area contributed by atoms with Crippen molar-refractivity contribution in [1.82, 2.24) is 25.5 Å². The number of amides is 1. The molecule has 7 heteroatoms. The largest absolute Gasteiger partial charge is 0.334 e. The number of hydrogen-bond donors (Lipinski definition) is 1. The van der Waals surface area contributed by atoms with E-state index < -0.39 is 0 Å². The first-order chi connectivity index (χ1) is 7.13. The van der Waals surface area contributed by atoms with Gasteiger partial charge in [-0.15, -0.1) is 21.8 Å². The van der Waals surface area contributed by atoms with E-state index in [0.29, 0.717) is 24.8 Å². The minimum Gasteiger partial charge on any atom is -0.334 e. The van der Waals surface area contributed by atoms with Crippen molar-refractivity contribution in [3.05, 3.63) is 5.82 Å². The molecule has 0 saturated heterocycles. The number of nitrogens with one attached hydrogen (secondary N) is 1. The summed E-state index contributed by atoms with van der Waals surface area (Å²) >= 11 is 5.51. The highest BCUT2D eigenvalue weighted by Crippen LogP contribution is 2.04. The Morgan fingerprint density at radius 3 is 2.80 bits per heavy atom. The number of carbonyl (C=O) groups is 1. The highest BCUT2D eigenvalue weighted by atomic mass is 35.5. The van der Waals surface area contributed by atoms with Gasteiger partial charge in [-0.1, -0.05) is 19.1 Å². The van der Waals surface area contributed by atoms with Crippen LogP contribution in [0.25, 0.3) is 0 Å². The topological polar surface area (TPSA) is 74.8 Å². The molecule has 1 N–H and O–H groups in total. The average Bonchev–Trinajstić information content (AvgIpc) is 2.67. The maximum Gasteiger partial charge on any atom is 0.237 e. The van der Waals surface area contributed by atoms with Crippen LogP contribution in [0, 0.1) is 5.92 Å². The molecule has 1 amide bonds. The summed E-state index contributed by atoms with van der Waals surface area (Å²) in [6.07, 6.45) is 0.